The third-order valence-corrected chi connectivity index (χ3v) is 5.08. The summed E-state index contributed by atoms with van der Waals surface area (Å²) in [5, 5.41) is 0. The first kappa shape index (κ1) is 24.3. The Bertz CT molecular complexity index is 1250. The Hall–Kier alpha value is -3.39. The second kappa shape index (κ2) is 12.0. The van der Waals surface area contributed by atoms with E-state index in [1.807, 2.05) is 92.1 Å². The van der Waals surface area contributed by atoms with Gasteiger partial charge in [-0.1, -0.05) is 48.5 Å². The average molecular weight is 605 g/mol. The van der Waals surface area contributed by atoms with Gasteiger partial charge in [0.15, 0.2) is 0 Å². The predicted molar refractivity (Wildman–Crippen MR) is 132 cm³/mol. The van der Waals surface area contributed by atoms with Gasteiger partial charge < -0.3 is 9.97 Å². The number of benzene rings is 3. The van der Waals surface area contributed by atoms with Crippen molar-refractivity contribution in [3.05, 3.63) is 133 Å². The zero-order valence-electron chi connectivity index (χ0n) is 18.6. The van der Waals surface area contributed by atoms with Gasteiger partial charge in [-0.25, -0.2) is 0 Å². The summed E-state index contributed by atoms with van der Waals surface area (Å²) in [6.07, 6.45) is 3.82. The number of hydrogen-bond acceptors (Lipinski definition) is 2. The van der Waals surface area contributed by atoms with Crippen molar-refractivity contribution in [3.8, 4) is 33.6 Å². The first-order chi connectivity index (χ1) is 15.7. The molecule has 5 rings (SSSR count). The van der Waals surface area contributed by atoms with Gasteiger partial charge in [-0.05, 0) is 41.9 Å². The molecule has 0 bridgehead atoms. The van der Waals surface area contributed by atoms with E-state index >= 15 is 0 Å². The minimum absolute atomic E-state index is 0. The summed E-state index contributed by atoms with van der Waals surface area (Å²) in [5.74, 6) is 0. The molecule has 0 saturated carbocycles. The molecule has 0 aliphatic carbocycles. The Balaban J connectivity index is 0.000000192. The van der Waals surface area contributed by atoms with Crippen LogP contribution >= 0.6 is 0 Å². The van der Waals surface area contributed by atoms with E-state index in [9.17, 15) is 0 Å². The van der Waals surface area contributed by atoms with Crippen molar-refractivity contribution in [1.82, 2.24) is 9.97 Å². The number of aromatic nitrogens is 2. The Morgan fingerprint density at radius 2 is 1.21 bits per heavy atom. The topological polar surface area (TPSA) is 25.8 Å². The van der Waals surface area contributed by atoms with Gasteiger partial charge in [0.2, 0.25) is 0 Å². The molecule has 0 N–H and O–H groups in total. The van der Waals surface area contributed by atoms with Crippen molar-refractivity contribution in [2.45, 2.75) is 13.8 Å². The van der Waals surface area contributed by atoms with E-state index in [4.69, 9.17) is 0 Å². The Kier molecular flexibility index (Phi) is 8.83. The van der Waals surface area contributed by atoms with Crippen molar-refractivity contribution in [3.63, 3.8) is 0 Å². The smallest absolute Gasteiger partial charge is 0.0242 e. The molecule has 1 radical (unpaired) electrons. The Morgan fingerprint density at radius 3 is 1.76 bits per heavy atom. The molecule has 0 saturated heterocycles. The maximum absolute atomic E-state index is 4.55. The molecule has 5 aromatic rings. The molecule has 0 unspecified atom stereocenters. The third-order valence-electron chi connectivity index (χ3n) is 5.08. The zero-order valence-corrected chi connectivity index (χ0v) is 21.0. The number of aryl methyl sites for hydroxylation is 2. The van der Waals surface area contributed by atoms with Crippen LogP contribution in [0, 0.1) is 26.0 Å². The summed E-state index contributed by atoms with van der Waals surface area (Å²) in [6.45, 7) is 4.15. The van der Waals surface area contributed by atoms with Gasteiger partial charge in [0.05, 0.1) is 0 Å². The van der Waals surface area contributed by atoms with Crippen molar-refractivity contribution < 1.29 is 20.1 Å². The van der Waals surface area contributed by atoms with Crippen LogP contribution in [0.2, 0.25) is 0 Å². The van der Waals surface area contributed by atoms with E-state index in [1.54, 1.807) is 0 Å². The largest absolute Gasteiger partial charge is 0.304 e. The van der Waals surface area contributed by atoms with Crippen LogP contribution in [0.25, 0.3) is 33.6 Å². The Morgan fingerprint density at radius 1 is 0.606 bits per heavy atom. The molecule has 3 heteroatoms. The summed E-state index contributed by atoms with van der Waals surface area (Å²) in [6, 6.07) is 38.7. The normalized spacial score (nSPS) is 9.88. The van der Waals surface area contributed by atoms with Gasteiger partial charge in [0, 0.05) is 38.1 Å². The van der Waals surface area contributed by atoms with Crippen LogP contribution in [0.15, 0.2) is 109 Å². The summed E-state index contributed by atoms with van der Waals surface area (Å²) in [7, 11) is 0. The minimum atomic E-state index is 0. The van der Waals surface area contributed by atoms with Gasteiger partial charge in [0.25, 0.3) is 0 Å². The summed E-state index contributed by atoms with van der Waals surface area (Å²) in [5.41, 5.74) is 8.82. The number of rotatable bonds is 3. The zero-order chi connectivity index (χ0) is 22.2. The maximum Gasteiger partial charge on any atom is 0.0242 e. The van der Waals surface area contributed by atoms with Crippen molar-refractivity contribution in [2.75, 3.05) is 0 Å². The van der Waals surface area contributed by atoms with E-state index < -0.39 is 0 Å². The maximum atomic E-state index is 4.55. The molecule has 2 nitrogen and oxygen atoms in total. The molecule has 0 spiro atoms. The Labute approximate surface area is 209 Å². The molecule has 0 atom stereocenters. The van der Waals surface area contributed by atoms with Crippen LogP contribution in [0.3, 0.4) is 0 Å². The van der Waals surface area contributed by atoms with E-state index in [0.29, 0.717) is 0 Å². The van der Waals surface area contributed by atoms with Crippen LogP contribution in [0.1, 0.15) is 11.1 Å². The SMILES string of the molecule is Cc1cc(-c2[c-]cccc2)ncc1-c1ccccc1.Cc1ccc(-c2[c-]cccc2)nc1.[Ir]. The number of pyridine rings is 2. The first-order valence-corrected chi connectivity index (χ1v) is 10.6. The van der Waals surface area contributed by atoms with Crippen LogP contribution in [0.5, 0.6) is 0 Å². The molecule has 3 aromatic carbocycles. The molecule has 2 heterocycles. The van der Waals surface area contributed by atoms with Gasteiger partial charge in [-0.15, -0.1) is 71.8 Å². The minimum Gasteiger partial charge on any atom is -0.304 e. The molecule has 33 heavy (non-hydrogen) atoms. The quantitative estimate of drug-likeness (QED) is 0.201. The van der Waals surface area contributed by atoms with Gasteiger partial charge in [0.1, 0.15) is 0 Å². The van der Waals surface area contributed by atoms with E-state index in [2.05, 4.69) is 53.3 Å². The second-order valence-electron chi connectivity index (χ2n) is 7.52. The monoisotopic (exact) mass is 605 g/mol. The van der Waals surface area contributed by atoms with Crippen molar-refractivity contribution in [2.24, 2.45) is 0 Å². The average Bonchev–Trinajstić information content (AvgIpc) is 2.86. The first-order valence-electron chi connectivity index (χ1n) is 10.6. The summed E-state index contributed by atoms with van der Waals surface area (Å²) in [4.78, 5) is 8.87. The molecule has 0 fully saturated rings. The molecule has 0 aliphatic rings. The predicted octanol–water partition coefficient (Wildman–Crippen LogP) is 7.38. The fourth-order valence-electron chi connectivity index (χ4n) is 3.36. The van der Waals surface area contributed by atoms with Crippen LogP contribution in [-0.2, 0) is 20.1 Å². The van der Waals surface area contributed by atoms with Crippen LogP contribution < -0.4 is 0 Å². The fraction of sp³-hybridized carbons (Fsp3) is 0.0667. The van der Waals surface area contributed by atoms with Crippen molar-refractivity contribution in [1.29, 1.82) is 0 Å². The number of nitrogens with zero attached hydrogens (tertiary/aromatic N) is 2. The third kappa shape index (κ3) is 6.55. The molecule has 2 aromatic heterocycles. The van der Waals surface area contributed by atoms with Crippen LogP contribution in [0.4, 0.5) is 0 Å². The van der Waals surface area contributed by atoms with E-state index in [0.717, 1.165) is 22.5 Å². The van der Waals surface area contributed by atoms with Crippen LogP contribution in [-0.4, -0.2) is 9.97 Å². The summed E-state index contributed by atoms with van der Waals surface area (Å²) >= 11 is 0. The van der Waals surface area contributed by atoms with E-state index in [1.165, 1.54) is 22.3 Å². The van der Waals surface area contributed by atoms with Gasteiger partial charge in [-0.2, -0.15) is 0 Å². The van der Waals surface area contributed by atoms with E-state index in [-0.39, 0.29) is 20.1 Å². The summed E-state index contributed by atoms with van der Waals surface area (Å²) < 4.78 is 0. The van der Waals surface area contributed by atoms with Crippen molar-refractivity contribution >= 4 is 0 Å². The molecular formula is C30H24IrN2-2. The standard InChI is InChI=1S/C18H14N.C12H10N.Ir/c1-14-12-18(16-10-6-3-7-11-16)19-13-17(14)15-8-4-2-5-9-15;1-10-7-8-12(13-9-10)11-5-3-2-4-6-11;/h2-10,12-13H,1H3;2-5,7-9H,1H3;/q2*-1;. The fourth-order valence-corrected chi connectivity index (χ4v) is 3.36. The number of hydrogen-bond donors (Lipinski definition) is 0. The molecule has 165 valence electrons. The van der Waals surface area contributed by atoms with Gasteiger partial charge >= 0.3 is 0 Å². The molecule has 0 aliphatic heterocycles. The van der Waals surface area contributed by atoms with Gasteiger partial charge in [-0.3, -0.25) is 0 Å². The second-order valence-corrected chi connectivity index (χ2v) is 7.52. The molecular weight excluding hydrogens is 581 g/mol. The molecule has 0 amide bonds.